The van der Waals surface area contributed by atoms with E-state index < -0.39 is 0 Å². The highest BCUT2D eigenvalue weighted by Gasteiger charge is 2.12. The third-order valence-electron chi connectivity index (χ3n) is 3.63. The van der Waals surface area contributed by atoms with Crippen LogP contribution in [0.1, 0.15) is 21.5 Å². The number of hydrogen-bond donors (Lipinski definition) is 2. The predicted octanol–water partition coefficient (Wildman–Crippen LogP) is 3.20. The fourth-order valence-corrected chi connectivity index (χ4v) is 2.35. The SMILES string of the molecule is Cc1c(O)cccc1C(=O)Nc1cnn(Cc2ccccc2)c1. The summed E-state index contributed by atoms with van der Waals surface area (Å²) in [5.41, 5.74) is 2.76. The van der Waals surface area contributed by atoms with Gasteiger partial charge in [0.25, 0.3) is 5.91 Å². The first-order chi connectivity index (χ1) is 11.1. The van der Waals surface area contributed by atoms with E-state index in [0.29, 0.717) is 23.4 Å². The smallest absolute Gasteiger partial charge is 0.256 e. The Bertz CT molecular complexity index is 825. The van der Waals surface area contributed by atoms with E-state index >= 15 is 0 Å². The van der Waals surface area contributed by atoms with Gasteiger partial charge in [-0.1, -0.05) is 36.4 Å². The molecule has 1 aromatic heterocycles. The number of rotatable bonds is 4. The summed E-state index contributed by atoms with van der Waals surface area (Å²) >= 11 is 0. The zero-order chi connectivity index (χ0) is 16.2. The van der Waals surface area contributed by atoms with Gasteiger partial charge in [0.1, 0.15) is 5.75 Å². The van der Waals surface area contributed by atoms with Gasteiger partial charge in [0, 0.05) is 17.3 Å². The van der Waals surface area contributed by atoms with E-state index in [0.717, 1.165) is 5.56 Å². The average molecular weight is 307 g/mol. The Hall–Kier alpha value is -3.08. The van der Waals surface area contributed by atoms with Gasteiger partial charge in [-0.05, 0) is 24.6 Å². The lowest BCUT2D eigenvalue weighted by Crippen LogP contribution is -2.13. The molecule has 2 N–H and O–H groups in total. The topological polar surface area (TPSA) is 67.2 Å². The van der Waals surface area contributed by atoms with Crippen LogP contribution in [-0.4, -0.2) is 20.8 Å². The van der Waals surface area contributed by atoms with Crippen LogP contribution in [0.25, 0.3) is 0 Å². The van der Waals surface area contributed by atoms with Crippen LogP contribution in [0.2, 0.25) is 0 Å². The zero-order valence-corrected chi connectivity index (χ0v) is 12.7. The maximum absolute atomic E-state index is 12.3. The van der Waals surface area contributed by atoms with E-state index in [2.05, 4.69) is 10.4 Å². The summed E-state index contributed by atoms with van der Waals surface area (Å²) in [6.07, 6.45) is 3.39. The normalized spacial score (nSPS) is 10.5. The summed E-state index contributed by atoms with van der Waals surface area (Å²) in [5.74, 6) is -0.157. The van der Waals surface area contributed by atoms with E-state index in [9.17, 15) is 9.90 Å². The summed E-state index contributed by atoms with van der Waals surface area (Å²) in [6, 6.07) is 14.9. The van der Waals surface area contributed by atoms with Crippen LogP contribution in [0.4, 0.5) is 5.69 Å². The molecule has 2 aromatic carbocycles. The van der Waals surface area contributed by atoms with Crippen molar-refractivity contribution in [2.45, 2.75) is 13.5 Å². The molecule has 0 aliphatic rings. The van der Waals surface area contributed by atoms with Crippen molar-refractivity contribution < 1.29 is 9.90 Å². The van der Waals surface area contributed by atoms with Gasteiger partial charge in [-0.3, -0.25) is 9.48 Å². The van der Waals surface area contributed by atoms with Gasteiger partial charge < -0.3 is 10.4 Å². The molecule has 0 spiro atoms. The third kappa shape index (κ3) is 3.40. The molecule has 0 saturated carbocycles. The van der Waals surface area contributed by atoms with Crippen LogP contribution in [-0.2, 0) is 6.54 Å². The number of nitrogens with one attached hydrogen (secondary N) is 1. The van der Waals surface area contributed by atoms with Gasteiger partial charge in [-0.25, -0.2) is 0 Å². The first kappa shape index (κ1) is 14.8. The van der Waals surface area contributed by atoms with Crippen LogP contribution in [0.3, 0.4) is 0 Å². The molecule has 1 heterocycles. The van der Waals surface area contributed by atoms with Crippen molar-refractivity contribution in [3.05, 3.63) is 77.6 Å². The monoisotopic (exact) mass is 307 g/mol. The van der Waals surface area contributed by atoms with E-state index in [1.165, 1.54) is 0 Å². The van der Waals surface area contributed by atoms with E-state index in [1.807, 2.05) is 30.3 Å². The molecule has 0 atom stereocenters. The Labute approximate surface area is 134 Å². The molecule has 0 radical (unpaired) electrons. The Morgan fingerprint density at radius 1 is 1.17 bits per heavy atom. The molecular formula is C18H17N3O2. The highest BCUT2D eigenvalue weighted by molar-refractivity contribution is 6.05. The van der Waals surface area contributed by atoms with Gasteiger partial charge in [0.15, 0.2) is 0 Å². The number of aromatic nitrogens is 2. The van der Waals surface area contributed by atoms with Crippen molar-refractivity contribution in [2.75, 3.05) is 5.32 Å². The minimum Gasteiger partial charge on any atom is -0.508 e. The number of amides is 1. The summed E-state index contributed by atoms with van der Waals surface area (Å²) in [7, 11) is 0. The number of benzene rings is 2. The lowest BCUT2D eigenvalue weighted by Gasteiger charge is -2.07. The van der Waals surface area contributed by atoms with E-state index in [-0.39, 0.29) is 11.7 Å². The Kier molecular flexibility index (Phi) is 4.10. The quantitative estimate of drug-likeness (QED) is 0.778. The molecule has 1 amide bonds. The number of phenolic OH excluding ortho intramolecular Hbond substituents is 1. The molecule has 116 valence electrons. The fourth-order valence-electron chi connectivity index (χ4n) is 2.35. The fraction of sp³-hybridized carbons (Fsp3) is 0.111. The molecule has 0 bridgehead atoms. The van der Waals surface area contributed by atoms with Gasteiger partial charge >= 0.3 is 0 Å². The lowest BCUT2D eigenvalue weighted by molar-refractivity contribution is 0.102. The largest absolute Gasteiger partial charge is 0.508 e. The number of nitrogens with zero attached hydrogens (tertiary/aromatic N) is 2. The molecule has 5 heteroatoms. The molecule has 0 unspecified atom stereocenters. The first-order valence-electron chi connectivity index (χ1n) is 7.30. The van der Waals surface area contributed by atoms with Crippen LogP contribution in [0, 0.1) is 6.92 Å². The summed E-state index contributed by atoms with van der Waals surface area (Å²) in [4.78, 5) is 12.3. The molecule has 5 nitrogen and oxygen atoms in total. The van der Waals surface area contributed by atoms with Crippen LogP contribution in [0.15, 0.2) is 60.9 Å². The van der Waals surface area contributed by atoms with Crippen LogP contribution < -0.4 is 5.32 Å². The number of aromatic hydroxyl groups is 1. The standard InChI is InChI=1S/C18H17N3O2/c1-13-16(8-5-9-17(13)22)18(23)20-15-10-19-21(12-15)11-14-6-3-2-4-7-14/h2-10,12,22H,11H2,1H3,(H,20,23). The predicted molar refractivity (Wildman–Crippen MR) is 88.6 cm³/mol. The van der Waals surface area contributed by atoms with Crippen LogP contribution >= 0.6 is 0 Å². The second kappa shape index (κ2) is 6.36. The molecule has 0 fully saturated rings. The maximum atomic E-state index is 12.3. The summed E-state index contributed by atoms with van der Waals surface area (Å²) in [6.45, 7) is 2.35. The van der Waals surface area contributed by atoms with Gasteiger partial charge in [-0.15, -0.1) is 0 Å². The number of carbonyl (C=O) groups excluding carboxylic acids is 1. The molecule has 3 aromatic rings. The van der Waals surface area contributed by atoms with Crippen molar-refractivity contribution >= 4 is 11.6 Å². The molecule has 0 aliphatic carbocycles. The van der Waals surface area contributed by atoms with Crippen molar-refractivity contribution in [3.8, 4) is 5.75 Å². The minimum absolute atomic E-state index is 0.109. The minimum atomic E-state index is -0.266. The van der Waals surface area contributed by atoms with Crippen molar-refractivity contribution in [3.63, 3.8) is 0 Å². The van der Waals surface area contributed by atoms with E-state index in [4.69, 9.17) is 0 Å². The summed E-state index contributed by atoms with van der Waals surface area (Å²) < 4.78 is 1.76. The highest BCUT2D eigenvalue weighted by atomic mass is 16.3. The average Bonchev–Trinajstić information content (AvgIpc) is 2.98. The molecule has 23 heavy (non-hydrogen) atoms. The van der Waals surface area contributed by atoms with Gasteiger partial charge in [0.2, 0.25) is 0 Å². The van der Waals surface area contributed by atoms with Crippen molar-refractivity contribution in [1.82, 2.24) is 9.78 Å². The zero-order valence-electron chi connectivity index (χ0n) is 12.7. The Balaban J connectivity index is 1.71. The molecule has 0 saturated heterocycles. The third-order valence-corrected chi connectivity index (χ3v) is 3.63. The second-order valence-corrected chi connectivity index (χ2v) is 5.32. The Morgan fingerprint density at radius 2 is 1.96 bits per heavy atom. The maximum Gasteiger partial charge on any atom is 0.256 e. The highest BCUT2D eigenvalue weighted by Crippen LogP contribution is 2.20. The second-order valence-electron chi connectivity index (χ2n) is 5.32. The molecule has 3 rings (SSSR count). The number of hydrogen-bond acceptors (Lipinski definition) is 3. The van der Waals surface area contributed by atoms with Crippen molar-refractivity contribution in [2.24, 2.45) is 0 Å². The molecular weight excluding hydrogens is 290 g/mol. The van der Waals surface area contributed by atoms with Gasteiger partial charge in [-0.2, -0.15) is 5.10 Å². The first-order valence-corrected chi connectivity index (χ1v) is 7.30. The molecule has 0 aliphatic heterocycles. The van der Waals surface area contributed by atoms with E-state index in [1.54, 1.807) is 42.2 Å². The van der Waals surface area contributed by atoms with Crippen LogP contribution in [0.5, 0.6) is 5.75 Å². The number of anilines is 1. The summed E-state index contributed by atoms with van der Waals surface area (Å²) in [5, 5.41) is 16.7. The van der Waals surface area contributed by atoms with Gasteiger partial charge in [0.05, 0.1) is 18.4 Å². The number of phenols is 1. The number of carbonyl (C=O) groups is 1. The van der Waals surface area contributed by atoms with Crippen molar-refractivity contribution in [1.29, 1.82) is 0 Å². The lowest BCUT2D eigenvalue weighted by atomic mass is 10.1. The Morgan fingerprint density at radius 3 is 2.74 bits per heavy atom.